The summed E-state index contributed by atoms with van der Waals surface area (Å²) in [6.45, 7) is 0. The SMILES string of the molecule is c1ccc(-c2ccc(-c3cccc(-c4cccc(-c5nc(-c6ccccc6)c6c(n5)sc5ccccc56)c4)c3)cc2)cc1. The van der Waals surface area contributed by atoms with Crippen molar-refractivity contribution in [3.8, 4) is 56.0 Å². The Morgan fingerprint density at radius 2 is 0.860 bits per heavy atom. The molecular formula is C40H26N2S. The summed E-state index contributed by atoms with van der Waals surface area (Å²) in [5.41, 5.74) is 10.2. The van der Waals surface area contributed by atoms with Crippen molar-refractivity contribution in [2.75, 3.05) is 0 Å². The normalized spacial score (nSPS) is 11.3. The van der Waals surface area contributed by atoms with E-state index in [-0.39, 0.29) is 0 Å². The summed E-state index contributed by atoms with van der Waals surface area (Å²) in [4.78, 5) is 11.3. The van der Waals surface area contributed by atoms with Crippen molar-refractivity contribution in [3.05, 3.63) is 158 Å². The summed E-state index contributed by atoms with van der Waals surface area (Å²) in [5, 5.41) is 2.33. The van der Waals surface area contributed by atoms with Gasteiger partial charge in [-0.2, -0.15) is 0 Å². The molecule has 2 heterocycles. The lowest BCUT2D eigenvalue weighted by Crippen LogP contribution is -1.94. The fraction of sp³-hybridized carbons (Fsp3) is 0. The predicted molar refractivity (Wildman–Crippen MR) is 182 cm³/mol. The molecule has 0 spiro atoms. The Balaban J connectivity index is 1.19. The van der Waals surface area contributed by atoms with Crippen LogP contribution in [0.3, 0.4) is 0 Å². The highest BCUT2D eigenvalue weighted by Gasteiger charge is 2.17. The summed E-state index contributed by atoms with van der Waals surface area (Å²) >= 11 is 1.73. The Kier molecular flexibility index (Phi) is 6.36. The summed E-state index contributed by atoms with van der Waals surface area (Å²) in [6, 6.07) is 55.6. The van der Waals surface area contributed by atoms with E-state index >= 15 is 0 Å². The van der Waals surface area contributed by atoms with E-state index in [1.165, 1.54) is 32.3 Å². The summed E-state index contributed by atoms with van der Waals surface area (Å²) in [7, 11) is 0. The zero-order valence-electron chi connectivity index (χ0n) is 23.3. The minimum absolute atomic E-state index is 0.743. The van der Waals surface area contributed by atoms with E-state index in [1.807, 2.05) is 6.07 Å². The number of hydrogen-bond donors (Lipinski definition) is 0. The van der Waals surface area contributed by atoms with Gasteiger partial charge < -0.3 is 0 Å². The van der Waals surface area contributed by atoms with Crippen LogP contribution in [0.1, 0.15) is 0 Å². The Bertz CT molecular complexity index is 2220. The Labute approximate surface area is 254 Å². The number of fused-ring (bicyclic) bond motifs is 3. The van der Waals surface area contributed by atoms with Crippen molar-refractivity contribution in [3.63, 3.8) is 0 Å². The lowest BCUT2D eigenvalue weighted by Gasteiger charge is -2.10. The number of benzene rings is 6. The maximum Gasteiger partial charge on any atom is 0.161 e. The Morgan fingerprint density at radius 3 is 1.56 bits per heavy atom. The first-order valence-corrected chi connectivity index (χ1v) is 15.2. The van der Waals surface area contributed by atoms with Gasteiger partial charge in [0.25, 0.3) is 0 Å². The number of aromatic nitrogens is 2. The minimum Gasteiger partial charge on any atom is -0.227 e. The average Bonchev–Trinajstić information content (AvgIpc) is 3.47. The van der Waals surface area contributed by atoms with Gasteiger partial charge in [-0.1, -0.05) is 140 Å². The number of thiophene rings is 1. The van der Waals surface area contributed by atoms with Crippen molar-refractivity contribution in [1.29, 1.82) is 0 Å². The monoisotopic (exact) mass is 566 g/mol. The van der Waals surface area contributed by atoms with Crippen LogP contribution in [-0.2, 0) is 0 Å². The average molecular weight is 567 g/mol. The third-order valence-corrected chi connectivity index (χ3v) is 8.99. The highest BCUT2D eigenvalue weighted by molar-refractivity contribution is 7.25. The summed E-state index contributed by atoms with van der Waals surface area (Å²) in [6.07, 6.45) is 0. The van der Waals surface area contributed by atoms with E-state index in [1.54, 1.807) is 11.3 Å². The van der Waals surface area contributed by atoms with Gasteiger partial charge in [-0.25, -0.2) is 9.97 Å². The van der Waals surface area contributed by atoms with Crippen LogP contribution in [0.2, 0.25) is 0 Å². The van der Waals surface area contributed by atoms with Crippen LogP contribution in [0, 0.1) is 0 Å². The largest absolute Gasteiger partial charge is 0.227 e. The zero-order chi connectivity index (χ0) is 28.6. The molecule has 0 aliphatic carbocycles. The first kappa shape index (κ1) is 25.3. The third kappa shape index (κ3) is 4.80. The van der Waals surface area contributed by atoms with E-state index in [0.29, 0.717) is 0 Å². The molecule has 6 aromatic carbocycles. The van der Waals surface area contributed by atoms with Crippen molar-refractivity contribution >= 4 is 31.6 Å². The van der Waals surface area contributed by atoms with Gasteiger partial charge in [0.1, 0.15) is 4.83 Å². The zero-order valence-corrected chi connectivity index (χ0v) is 24.1. The highest BCUT2D eigenvalue weighted by Crippen LogP contribution is 2.39. The molecule has 2 aromatic heterocycles. The molecule has 3 heteroatoms. The van der Waals surface area contributed by atoms with Gasteiger partial charge in [-0.05, 0) is 51.6 Å². The van der Waals surface area contributed by atoms with Crippen LogP contribution in [0.4, 0.5) is 0 Å². The van der Waals surface area contributed by atoms with E-state index in [4.69, 9.17) is 9.97 Å². The Morgan fingerprint density at radius 1 is 0.372 bits per heavy atom. The molecule has 8 aromatic rings. The molecule has 0 atom stereocenters. The van der Waals surface area contributed by atoms with Gasteiger partial charge in [0, 0.05) is 26.6 Å². The first-order valence-electron chi connectivity index (χ1n) is 14.4. The first-order chi connectivity index (χ1) is 21.3. The molecule has 0 N–H and O–H groups in total. The molecule has 0 saturated heterocycles. The Hall–Kier alpha value is -5.38. The molecule has 0 radical (unpaired) electrons. The second-order valence-electron chi connectivity index (χ2n) is 10.6. The molecule has 0 amide bonds. The smallest absolute Gasteiger partial charge is 0.161 e. The van der Waals surface area contributed by atoms with E-state index < -0.39 is 0 Å². The molecule has 8 rings (SSSR count). The van der Waals surface area contributed by atoms with E-state index in [0.717, 1.165) is 44.0 Å². The fourth-order valence-electron chi connectivity index (χ4n) is 5.76. The minimum atomic E-state index is 0.743. The molecule has 0 aliphatic heterocycles. The van der Waals surface area contributed by atoms with Crippen molar-refractivity contribution in [2.24, 2.45) is 0 Å². The lowest BCUT2D eigenvalue weighted by molar-refractivity contribution is 1.24. The van der Waals surface area contributed by atoms with Gasteiger partial charge in [-0.3, -0.25) is 0 Å². The van der Waals surface area contributed by atoms with Crippen LogP contribution >= 0.6 is 11.3 Å². The van der Waals surface area contributed by atoms with Crippen molar-refractivity contribution < 1.29 is 0 Å². The molecule has 0 unspecified atom stereocenters. The van der Waals surface area contributed by atoms with Gasteiger partial charge in [0.05, 0.1) is 5.69 Å². The number of hydrogen-bond acceptors (Lipinski definition) is 3. The van der Waals surface area contributed by atoms with E-state index in [9.17, 15) is 0 Å². The maximum atomic E-state index is 5.19. The van der Waals surface area contributed by atoms with Crippen molar-refractivity contribution in [2.45, 2.75) is 0 Å². The molecule has 2 nitrogen and oxygen atoms in total. The predicted octanol–water partition coefficient (Wildman–Crippen LogP) is 11.2. The second-order valence-corrected chi connectivity index (χ2v) is 11.7. The standard InChI is InChI=1S/C40H26N2S/c1-3-11-27(12-4-1)28-21-23-29(24-22-28)31-15-9-16-32(25-31)33-17-10-18-34(26-33)39-41-38(30-13-5-2-6-14-30)37-35-19-7-8-20-36(35)43-40(37)42-39/h1-26H. The van der Waals surface area contributed by atoms with Crippen LogP contribution in [0.25, 0.3) is 76.3 Å². The van der Waals surface area contributed by atoms with Gasteiger partial charge >= 0.3 is 0 Å². The molecule has 0 saturated carbocycles. The van der Waals surface area contributed by atoms with Crippen molar-refractivity contribution in [1.82, 2.24) is 9.97 Å². The molecule has 0 fully saturated rings. The quantitative estimate of drug-likeness (QED) is 0.207. The summed E-state index contributed by atoms with van der Waals surface area (Å²) in [5.74, 6) is 0.743. The van der Waals surface area contributed by atoms with Gasteiger partial charge in [0.15, 0.2) is 5.82 Å². The molecule has 0 bridgehead atoms. The van der Waals surface area contributed by atoms with Gasteiger partial charge in [-0.15, -0.1) is 11.3 Å². The molecular weight excluding hydrogens is 541 g/mol. The number of rotatable bonds is 5. The van der Waals surface area contributed by atoms with Crippen LogP contribution in [-0.4, -0.2) is 9.97 Å². The number of nitrogens with zero attached hydrogens (tertiary/aromatic N) is 2. The highest BCUT2D eigenvalue weighted by atomic mass is 32.1. The third-order valence-electron chi connectivity index (χ3n) is 7.93. The molecule has 0 aliphatic rings. The molecule has 202 valence electrons. The van der Waals surface area contributed by atoms with Crippen LogP contribution in [0.15, 0.2) is 158 Å². The summed E-state index contributed by atoms with van der Waals surface area (Å²) < 4.78 is 1.23. The second kappa shape index (κ2) is 10.8. The van der Waals surface area contributed by atoms with E-state index in [2.05, 4.69) is 152 Å². The topological polar surface area (TPSA) is 25.8 Å². The lowest BCUT2D eigenvalue weighted by atomic mass is 9.96. The van der Waals surface area contributed by atoms with Crippen LogP contribution < -0.4 is 0 Å². The molecule has 43 heavy (non-hydrogen) atoms. The van der Waals surface area contributed by atoms with Crippen LogP contribution in [0.5, 0.6) is 0 Å². The van der Waals surface area contributed by atoms with Gasteiger partial charge in [0.2, 0.25) is 0 Å². The fourth-order valence-corrected chi connectivity index (χ4v) is 6.83. The maximum absolute atomic E-state index is 5.19.